The number of benzene rings is 1. The molecule has 0 bridgehead atoms. The third kappa shape index (κ3) is 3.08. The van der Waals surface area contributed by atoms with E-state index in [4.69, 9.17) is 25.3 Å². The number of ether oxygens (including phenoxy) is 1. The molecule has 1 unspecified atom stereocenters. The van der Waals surface area contributed by atoms with E-state index in [0.29, 0.717) is 22.3 Å². The molecule has 0 spiro atoms. The third-order valence-corrected chi connectivity index (χ3v) is 3.44. The van der Waals surface area contributed by atoms with Crippen LogP contribution in [0.15, 0.2) is 44.3 Å². The molecule has 1 aromatic carbocycles. The molecule has 6 nitrogen and oxygen atoms in total. The molecule has 3 aromatic rings. The zero-order valence-corrected chi connectivity index (χ0v) is 13.1. The molecule has 108 valence electrons. The molecule has 0 aliphatic rings. The summed E-state index contributed by atoms with van der Waals surface area (Å²) in [5.74, 6) is 1.21. The SMILES string of the molecule is CC(Oc1ccc(Br)cc1Cl)c1noc(-c2cocn2)n1. The molecule has 2 heterocycles. The Balaban J connectivity index is 1.78. The molecule has 2 aromatic heterocycles. The van der Waals surface area contributed by atoms with E-state index in [-0.39, 0.29) is 5.89 Å². The highest BCUT2D eigenvalue weighted by Gasteiger charge is 2.18. The van der Waals surface area contributed by atoms with Gasteiger partial charge in [-0.25, -0.2) is 4.98 Å². The Morgan fingerprint density at radius 3 is 2.95 bits per heavy atom. The van der Waals surface area contributed by atoms with Gasteiger partial charge in [-0.1, -0.05) is 32.7 Å². The van der Waals surface area contributed by atoms with Gasteiger partial charge in [-0.05, 0) is 25.1 Å². The van der Waals surface area contributed by atoms with E-state index in [0.717, 1.165) is 4.47 Å². The van der Waals surface area contributed by atoms with Gasteiger partial charge in [-0.2, -0.15) is 4.98 Å². The molecule has 0 saturated carbocycles. The van der Waals surface area contributed by atoms with Crippen LogP contribution in [0.5, 0.6) is 5.75 Å². The topological polar surface area (TPSA) is 74.2 Å². The van der Waals surface area contributed by atoms with Crippen molar-refractivity contribution in [1.29, 1.82) is 0 Å². The minimum absolute atomic E-state index is 0.274. The summed E-state index contributed by atoms with van der Waals surface area (Å²) in [7, 11) is 0. The lowest BCUT2D eigenvalue weighted by atomic mass is 10.3. The Morgan fingerprint density at radius 1 is 1.38 bits per heavy atom. The van der Waals surface area contributed by atoms with Gasteiger partial charge >= 0.3 is 0 Å². The quantitative estimate of drug-likeness (QED) is 0.682. The first kappa shape index (κ1) is 14.1. The molecule has 0 aliphatic carbocycles. The number of aromatic nitrogens is 3. The van der Waals surface area contributed by atoms with Crippen LogP contribution >= 0.6 is 27.5 Å². The molecule has 0 aliphatic heterocycles. The first-order valence-corrected chi connectivity index (χ1v) is 7.14. The highest BCUT2D eigenvalue weighted by atomic mass is 79.9. The number of halogens is 2. The lowest BCUT2D eigenvalue weighted by Gasteiger charge is -2.12. The van der Waals surface area contributed by atoms with Gasteiger partial charge in [0.15, 0.2) is 18.2 Å². The van der Waals surface area contributed by atoms with Crippen molar-refractivity contribution in [2.45, 2.75) is 13.0 Å². The first-order chi connectivity index (χ1) is 10.1. The maximum Gasteiger partial charge on any atom is 0.280 e. The Bertz CT molecular complexity index is 745. The lowest BCUT2D eigenvalue weighted by Crippen LogP contribution is -2.05. The molecular formula is C13H9BrClN3O3. The minimum Gasteiger partial charge on any atom is -0.481 e. The predicted molar refractivity (Wildman–Crippen MR) is 78.0 cm³/mol. The Hall–Kier alpha value is -1.86. The largest absolute Gasteiger partial charge is 0.481 e. The van der Waals surface area contributed by atoms with E-state index in [2.05, 4.69) is 31.1 Å². The molecule has 0 amide bonds. The summed E-state index contributed by atoms with van der Waals surface area (Å²) in [6, 6.07) is 5.35. The zero-order valence-electron chi connectivity index (χ0n) is 10.8. The first-order valence-electron chi connectivity index (χ1n) is 5.97. The average molecular weight is 371 g/mol. The molecule has 8 heteroatoms. The summed E-state index contributed by atoms with van der Waals surface area (Å²) in [4.78, 5) is 8.16. The monoisotopic (exact) mass is 369 g/mol. The second-order valence-electron chi connectivity index (χ2n) is 4.17. The molecule has 1 atom stereocenters. The molecule has 3 rings (SSSR count). The van der Waals surface area contributed by atoms with E-state index in [9.17, 15) is 0 Å². The van der Waals surface area contributed by atoms with Crippen LogP contribution in [-0.4, -0.2) is 15.1 Å². The summed E-state index contributed by atoms with van der Waals surface area (Å²) >= 11 is 9.44. The van der Waals surface area contributed by atoms with Crippen molar-refractivity contribution in [3.63, 3.8) is 0 Å². The highest BCUT2D eigenvalue weighted by molar-refractivity contribution is 9.10. The summed E-state index contributed by atoms with van der Waals surface area (Å²) in [6.07, 6.45) is 2.29. The second-order valence-corrected chi connectivity index (χ2v) is 5.49. The Labute approximate surface area is 133 Å². The van der Waals surface area contributed by atoms with Gasteiger partial charge in [0.1, 0.15) is 12.0 Å². The third-order valence-electron chi connectivity index (χ3n) is 2.65. The minimum atomic E-state index is -0.423. The van der Waals surface area contributed by atoms with Gasteiger partial charge in [0.2, 0.25) is 5.82 Å². The fourth-order valence-corrected chi connectivity index (χ4v) is 2.35. The standard InChI is InChI=1S/C13H9BrClN3O3/c1-7(20-11-3-2-8(14)4-9(11)15)12-17-13(21-18-12)10-5-19-6-16-10/h2-7H,1H3. The van der Waals surface area contributed by atoms with Gasteiger partial charge in [-0.15, -0.1) is 0 Å². The van der Waals surface area contributed by atoms with E-state index in [1.165, 1.54) is 12.7 Å². The van der Waals surface area contributed by atoms with Crippen LogP contribution in [0.2, 0.25) is 5.02 Å². The van der Waals surface area contributed by atoms with Crippen molar-refractivity contribution in [3.8, 4) is 17.3 Å². The number of rotatable bonds is 4. The fourth-order valence-electron chi connectivity index (χ4n) is 1.64. The van der Waals surface area contributed by atoms with Crippen molar-refractivity contribution in [2.24, 2.45) is 0 Å². The highest BCUT2D eigenvalue weighted by Crippen LogP contribution is 2.31. The maximum atomic E-state index is 6.11. The Kier molecular flexibility index (Phi) is 3.94. The van der Waals surface area contributed by atoms with E-state index in [1.54, 1.807) is 19.1 Å². The van der Waals surface area contributed by atoms with Gasteiger partial charge in [-0.3, -0.25) is 0 Å². The normalized spacial score (nSPS) is 12.3. The number of hydrogen-bond acceptors (Lipinski definition) is 6. The molecule has 0 fully saturated rings. The molecule has 0 saturated heterocycles. The molecular weight excluding hydrogens is 362 g/mol. The number of nitrogens with zero attached hydrogens (tertiary/aromatic N) is 3. The van der Waals surface area contributed by atoms with Crippen LogP contribution in [0.1, 0.15) is 18.9 Å². The summed E-state index contributed by atoms with van der Waals surface area (Å²) < 4.78 is 16.6. The van der Waals surface area contributed by atoms with E-state index < -0.39 is 6.10 Å². The second kappa shape index (κ2) is 5.87. The van der Waals surface area contributed by atoms with Gasteiger partial charge in [0, 0.05) is 4.47 Å². The van der Waals surface area contributed by atoms with Gasteiger partial charge in [0.25, 0.3) is 5.89 Å². The average Bonchev–Trinajstić information content (AvgIpc) is 3.10. The summed E-state index contributed by atoms with van der Waals surface area (Å²) in [5, 5.41) is 4.37. The molecule has 0 N–H and O–H groups in total. The van der Waals surface area contributed by atoms with Crippen molar-refractivity contribution >= 4 is 27.5 Å². The lowest BCUT2D eigenvalue weighted by molar-refractivity contribution is 0.211. The number of oxazole rings is 1. The van der Waals surface area contributed by atoms with Crippen LogP contribution in [0.25, 0.3) is 11.6 Å². The van der Waals surface area contributed by atoms with Crippen LogP contribution in [-0.2, 0) is 0 Å². The van der Waals surface area contributed by atoms with Gasteiger partial charge in [0.05, 0.1) is 5.02 Å². The van der Waals surface area contributed by atoms with Crippen LogP contribution in [0.4, 0.5) is 0 Å². The predicted octanol–water partition coefficient (Wildman–Crippen LogP) is 4.28. The summed E-state index contributed by atoms with van der Waals surface area (Å²) in [6.45, 7) is 1.80. The van der Waals surface area contributed by atoms with E-state index in [1.807, 2.05) is 6.07 Å². The zero-order chi connectivity index (χ0) is 14.8. The molecule has 0 radical (unpaired) electrons. The maximum absolute atomic E-state index is 6.11. The molecule has 21 heavy (non-hydrogen) atoms. The van der Waals surface area contributed by atoms with Gasteiger partial charge < -0.3 is 13.7 Å². The van der Waals surface area contributed by atoms with Crippen molar-refractivity contribution < 1.29 is 13.7 Å². The van der Waals surface area contributed by atoms with Crippen molar-refractivity contribution in [1.82, 2.24) is 15.1 Å². The number of hydrogen-bond donors (Lipinski definition) is 0. The summed E-state index contributed by atoms with van der Waals surface area (Å²) in [5.41, 5.74) is 0.475. The van der Waals surface area contributed by atoms with Crippen molar-refractivity contribution in [2.75, 3.05) is 0 Å². The fraction of sp³-hybridized carbons (Fsp3) is 0.154. The smallest absolute Gasteiger partial charge is 0.280 e. The van der Waals surface area contributed by atoms with Crippen LogP contribution in [0.3, 0.4) is 0 Å². The van der Waals surface area contributed by atoms with Crippen molar-refractivity contribution in [3.05, 3.63) is 46.2 Å². The van der Waals surface area contributed by atoms with Crippen LogP contribution < -0.4 is 4.74 Å². The van der Waals surface area contributed by atoms with Crippen LogP contribution in [0, 0.1) is 0 Å². The Morgan fingerprint density at radius 2 is 2.24 bits per heavy atom. The van der Waals surface area contributed by atoms with E-state index >= 15 is 0 Å².